The van der Waals surface area contributed by atoms with Gasteiger partial charge in [-0.25, -0.2) is 13.1 Å². The number of benzene rings is 5. The van der Waals surface area contributed by atoms with Gasteiger partial charge in [0.1, 0.15) is 5.75 Å². The van der Waals surface area contributed by atoms with Crippen LogP contribution in [0.5, 0.6) is 46.0 Å². The predicted octanol–water partition coefficient (Wildman–Crippen LogP) is 7.90. The zero-order valence-electron chi connectivity index (χ0n) is 33.7. The zero-order chi connectivity index (χ0) is 40.4. The maximum absolute atomic E-state index is 12.8. The smallest absolute Gasteiger partial charge is 0.240 e. The Morgan fingerprint density at radius 3 is 2.12 bits per heavy atom. The summed E-state index contributed by atoms with van der Waals surface area (Å²) in [5, 5.41) is 0. The summed E-state index contributed by atoms with van der Waals surface area (Å²) in [6.45, 7) is 2.28. The maximum atomic E-state index is 12.8. The molecule has 4 aliphatic heterocycles. The van der Waals surface area contributed by atoms with E-state index in [0.717, 1.165) is 49.0 Å². The van der Waals surface area contributed by atoms with Gasteiger partial charge in [0.05, 0.1) is 32.8 Å². The molecule has 11 nitrogen and oxygen atoms in total. The van der Waals surface area contributed by atoms with Crippen LogP contribution in [0.3, 0.4) is 0 Å². The number of hydrogen-bond acceptors (Lipinski definition) is 10. The molecule has 0 radical (unpaired) electrons. The molecule has 4 heterocycles. The number of fused-ring (bicyclic) bond motifs is 2. The van der Waals surface area contributed by atoms with E-state index < -0.39 is 10.0 Å². The second kappa shape index (κ2) is 16.9. The van der Waals surface area contributed by atoms with Crippen LogP contribution in [0, 0.1) is 0 Å². The minimum Gasteiger partial charge on any atom is -0.493 e. The lowest BCUT2D eigenvalue weighted by Gasteiger charge is -2.37. The number of nitrogens with zero attached hydrogens (tertiary/aromatic N) is 2. The highest BCUT2D eigenvalue weighted by Crippen LogP contribution is 2.52. The van der Waals surface area contributed by atoms with E-state index in [2.05, 4.69) is 65.0 Å². The van der Waals surface area contributed by atoms with Crippen LogP contribution in [0.2, 0.25) is 0 Å². The summed E-state index contributed by atoms with van der Waals surface area (Å²) in [4.78, 5) is 4.99. The topological polar surface area (TPSA) is 108 Å². The normalized spacial score (nSPS) is 17.9. The number of likely N-dealkylation sites (N-methyl/N-ethyl adjacent to an activating group) is 2. The van der Waals surface area contributed by atoms with Crippen molar-refractivity contribution in [1.29, 1.82) is 0 Å². The first-order valence-corrected chi connectivity index (χ1v) is 21.3. The average Bonchev–Trinajstić information content (AvgIpc) is 3.23. The second-order valence-electron chi connectivity index (χ2n) is 15.2. The lowest BCUT2D eigenvalue weighted by atomic mass is 9.87. The monoisotopic (exact) mass is 805 g/mol. The Morgan fingerprint density at radius 2 is 1.38 bits per heavy atom. The fourth-order valence-electron chi connectivity index (χ4n) is 8.37. The summed E-state index contributed by atoms with van der Waals surface area (Å²) in [5.74, 6) is 4.90. The van der Waals surface area contributed by atoms with Gasteiger partial charge in [-0.1, -0.05) is 36.4 Å². The van der Waals surface area contributed by atoms with Crippen molar-refractivity contribution in [2.24, 2.45) is 0 Å². The van der Waals surface area contributed by atoms with Gasteiger partial charge in [0.2, 0.25) is 15.8 Å². The van der Waals surface area contributed by atoms with E-state index in [1.807, 2.05) is 24.3 Å². The molecule has 4 aliphatic rings. The third-order valence-electron chi connectivity index (χ3n) is 11.6. The van der Waals surface area contributed by atoms with Crippen LogP contribution in [0.25, 0.3) is 0 Å². The Balaban J connectivity index is 1.18. The number of hydrogen-bond donors (Lipinski definition) is 1. The van der Waals surface area contributed by atoms with Crippen LogP contribution in [-0.2, 0) is 35.7 Å². The lowest BCUT2D eigenvalue weighted by molar-refractivity contribution is 0.220. The molecule has 5 aromatic carbocycles. The summed E-state index contributed by atoms with van der Waals surface area (Å²) in [6, 6.07) is 29.1. The van der Waals surface area contributed by atoms with E-state index in [1.54, 1.807) is 51.7 Å². The van der Waals surface area contributed by atoms with Crippen molar-refractivity contribution in [2.75, 3.05) is 61.7 Å². The van der Waals surface area contributed by atoms with Gasteiger partial charge >= 0.3 is 0 Å². The van der Waals surface area contributed by atoms with Crippen LogP contribution in [-0.4, -0.2) is 79.9 Å². The molecular weight excluding hydrogens is 755 g/mol. The van der Waals surface area contributed by atoms with E-state index in [0.29, 0.717) is 58.8 Å². The van der Waals surface area contributed by atoms with Gasteiger partial charge in [-0.3, -0.25) is 9.80 Å². The Bertz CT molecular complexity index is 2370. The van der Waals surface area contributed by atoms with Crippen molar-refractivity contribution in [2.45, 2.75) is 49.1 Å². The lowest BCUT2D eigenvalue weighted by Crippen LogP contribution is -2.34. The fourth-order valence-corrected chi connectivity index (χ4v) is 9.46. The standard InChI is InChI=1S/C46H51N3O8S/c1-48-21-18-32-27-40(52-3)42-29-36(32)37(48)24-30-12-15-34(16-13-30)56-41-26-31(14-17-39(41)55-23-9-20-47-58(50,51)35-10-7-6-8-11-35)25-38-44-33(19-22-49(38)2)28-43(53-4)45(54-5)46(44)57-42/h6-8,10-17,26-29,37-38,47H,9,18-25H2,1-5H3/t37-,38+/m1/s1. The molecule has 1 N–H and O–H groups in total. The first kappa shape index (κ1) is 39.6. The number of methoxy groups -OCH3 is 3. The van der Waals surface area contributed by atoms with Crippen molar-refractivity contribution < 1.29 is 36.8 Å². The molecule has 6 bridgehead atoms. The van der Waals surface area contributed by atoms with Crippen molar-refractivity contribution in [1.82, 2.24) is 14.5 Å². The molecule has 0 spiro atoms. The van der Waals surface area contributed by atoms with Gasteiger partial charge in [0.25, 0.3) is 0 Å². The summed E-state index contributed by atoms with van der Waals surface area (Å²) >= 11 is 0. The molecule has 0 saturated heterocycles. The third kappa shape index (κ3) is 8.06. The molecule has 0 aliphatic carbocycles. The first-order valence-electron chi connectivity index (χ1n) is 19.8. The highest BCUT2D eigenvalue weighted by molar-refractivity contribution is 7.89. The molecule has 5 aromatic rings. The second-order valence-corrected chi connectivity index (χ2v) is 16.9. The van der Waals surface area contributed by atoms with Gasteiger partial charge in [-0.2, -0.15) is 0 Å². The molecule has 12 heteroatoms. The van der Waals surface area contributed by atoms with Gasteiger partial charge in [0.15, 0.2) is 34.5 Å². The van der Waals surface area contributed by atoms with Gasteiger partial charge < -0.3 is 28.4 Å². The number of ether oxygens (including phenoxy) is 6. The Labute approximate surface area is 341 Å². The molecule has 0 amide bonds. The Morgan fingerprint density at radius 1 is 0.707 bits per heavy atom. The van der Waals surface area contributed by atoms with Crippen LogP contribution in [0.1, 0.15) is 51.9 Å². The van der Waals surface area contributed by atoms with E-state index in [1.165, 1.54) is 16.7 Å². The number of rotatable bonds is 10. The van der Waals surface area contributed by atoms with E-state index in [9.17, 15) is 8.42 Å². The summed E-state index contributed by atoms with van der Waals surface area (Å²) in [7, 11) is 5.71. The largest absolute Gasteiger partial charge is 0.493 e. The summed E-state index contributed by atoms with van der Waals surface area (Å²) in [5.41, 5.74) is 6.85. The van der Waals surface area contributed by atoms with Crippen LogP contribution >= 0.6 is 0 Å². The predicted molar refractivity (Wildman–Crippen MR) is 223 cm³/mol. The highest BCUT2D eigenvalue weighted by Gasteiger charge is 2.35. The minimum absolute atomic E-state index is 0.0866. The molecule has 304 valence electrons. The first-order chi connectivity index (χ1) is 28.1. The van der Waals surface area contributed by atoms with Crippen molar-refractivity contribution in [3.05, 3.63) is 124 Å². The summed E-state index contributed by atoms with van der Waals surface area (Å²) < 4.78 is 66.2. The number of nitrogens with one attached hydrogen (secondary N) is 1. The van der Waals surface area contributed by atoms with E-state index >= 15 is 0 Å². The van der Waals surface area contributed by atoms with E-state index in [4.69, 9.17) is 28.4 Å². The van der Waals surface area contributed by atoms with Crippen molar-refractivity contribution in [3.63, 3.8) is 0 Å². The van der Waals surface area contributed by atoms with Crippen LogP contribution < -0.4 is 33.1 Å². The SMILES string of the molecule is COc1cc2c3cc1Oc1c(OC)c(OC)cc4c1[C@H](Cc1ccc(OCCCNS(=O)(=O)c5ccccc5)c(c1)Oc1ccc(cc1)C[C@H]3N(C)CC2)N(C)CC4. The van der Waals surface area contributed by atoms with Gasteiger partial charge in [-0.15, -0.1) is 0 Å². The Kier molecular flexibility index (Phi) is 11.5. The van der Waals surface area contributed by atoms with Gasteiger partial charge in [-0.05, 0) is 129 Å². The number of sulfonamides is 1. The van der Waals surface area contributed by atoms with Crippen LogP contribution in [0.4, 0.5) is 0 Å². The maximum Gasteiger partial charge on any atom is 0.240 e. The molecule has 0 fully saturated rings. The molecular formula is C46H51N3O8S. The molecule has 2 atom stereocenters. The third-order valence-corrected chi connectivity index (χ3v) is 13.0. The molecule has 0 unspecified atom stereocenters. The molecule has 58 heavy (non-hydrogen) atoms. The highest BCUT2D eigenvalue weighted by atomic mass is 32.2. The fraction of sp³-hybridized carbons (Fsp3) is 0.348. The zero-order valence-corrected chi connectivity index (χ0v) is 34.6. The summed E-state index contributed by atoms with van der Waals surface area (Å²) in [6.07, 6.45) is 3.61. The van der Waals surface area contributed by atoms with Gasteiger partial charge in [0, 0.05) is 37.3 Å². The Hall–Kier alpha value is -5.27. The molecule has 0 saturated carbocycles. The van der Waals surface area contributed by atoms with Crippen molar-refractivity contribution in [3.8, 4) is 46.0 Å². The molecule has 9 rings (SSSR count). The quantitative estimate of drug-likeness (QED) is 0.140. The average molecular weight is 806 g/mol. The minimum atomic E-state index is -3.61. The van der Waals surface area contributed by atoms with Crippen LogP contribution in [0.15, 0.2) is 95.9 Å². The van der Waals surface area contributed by atoms with E-state index in [-0.39, 0.29) is 30.1 Å². The molecule has 0 aromatic heterocycles. The van der Waals surface area contributed by atoms with Crippen molar-refractivity contribution >= 4 is 10.0 Å².